The summed E-state index contributed by atoms with van der Waals surface area (Å²) in [4.78, 5) is 11.7. The minimum atomic E-state index is -1.31. The number of benzene rings is 1. The lowest BCUT2D eigenvalue weighted by Gasteiger charge is -2.17. The molecule has 1 aromatic carbocycles. The van der Waals surface area contributed by atoms with Crippen LogP contribution in [0.25, 0.3) is 0 Å². The summed E-state index contributed by atoms with van der Waals surface area (Å²) in [5, 5.41) is 12.1. The fraction of sp³-hybridized carbons (Fsp3) is 0.462. The molecule has 0 fully saturated rings. The fourth-order valence-corrected chi connectivity index (χ4v) is 2.52. The maximum Gasteiger partial charge on any atom is 0.233 e. The first kappa shape index (κ1) is 16.1. The molecule has 1 rings (SSSR count). The third-order valence-electron chi connectivity index (χ3n) is 2.63. The number of carbonyl (C=O) groups is 1. The first-order valence-electron chi connectivity index (χ1n) is 6.07. The zero-order valence-corrected chi connectivity index (χ0v) is 12.3. The zero-order valence-electron chi connectivity index (χ0n) is 10.8. The van der Waals surface area contributed by atoms with E-state index in [-0.39, 0.29) is 30.1 Å². The van der Waals surface area contributed by atoms with Crippen LogP contribution in [-0.4, -0.2) is 33.3 Å². The fourth-order valence-electron chi connectivity index (χ4n) is 1.67. The number of rotatable bonds is 7. The summed E-state index contributed by atoms with van der Waals surface area (Å²) in [5.74, 6) is -0.218. The van der Waals surface area contributed by atoms with Gasteiger partial charge in [0.05, 0.1) is 12.6 Å². The molecule has 0 aliphatic carbocycles. The molecule has 6 heteroatoms. The Balaban J connectivity index is 2.59. The van der Waals surface area contributed by atoms with Gasteiger partial charge in [0, 0.05) is 21.6 Å². The maximum absolute atomic E-state index is 11.7. The van der Waals surface area contributed by atoms with E-state index in [1.54, 1.807) is 12.1 Å². The molecule has 0 heterocycles. The van der Waals surface area contributed by atoms with E-state index >= 15 is 0 Å². The predicted molar refractivity (Wildman–Crippen MR) is 77.6 cm³/mol. The topological polar surface area (TPSA) is 66.4 Å². The summed E-state index contributed by atoms with van der Waals surface area (Å²) < 4.78 is 11.4. The van der Waals surface area contributed by atoms with Crippen LogP contribution in [0.1, 0.15) is 24.9 Å². The summed E-state index contributed by atoms with van der Waals surface area (Å²) in [6, 6.07) is 7.16. The molecular weight excluding hydrogens is 286 g/mol. The molecule has 0 spiro atoms. The van der Waals surface area contributed by atoms with Crippen molar-refractivity contribution in [3.63, 3.8) is 0 Å². The monoisotopic (exact) mass is 303 g/mol. The lowest BCUT2D eigenvalue weighted by molar-refractivity contribution is -0.119. The van der Waals surface area contributed by atoms with Gasteiger partial charge in [-0.25, -0.2) is 0 Å². The molecule has 0 saturated carbocycles. The van der Waals surface area contributed by atoms with E-state index < -0.39 is 10.8 Å². The van der Waals surface area contributed by atoms with Gasteiger partial charge in [-0.05, 0) is 24.1 Å². The van der Waals surface area contributed by atoms with Crippen molar-refractivity contribution in [1.29, 1.82) is 0 Å². The van der Waals surface area contributed by atoms with E-state index in [9.17, 15) is 9.00 Å². The number of halogens is 1. The molecule has 2 N–H and O–H groups in total. The van der Waals surface area contributed by atoms with E-state index in [2.05, 4.69) is 5.32 Å². The van der Waals surface area contributed by atoms with Crippen LogP contribution >= 0.6 is 11.6 Å². The Hall–Kier alpha value is -0.910. The molecule has 0 aliphatic heterocycles. The number of carbonyl (C=O) groups excluding carboxylic acids is 1. The normalized spacial score (nSPS) is 13.8. The number of aliphatic hydroxyl groups excluding tert-OH is 1. The Morgan fingerprint density at radius 1 is 1.42 bits per heavy atom. The van der Waals surface area contributed by atoms with Gasteiger partial charge in [-0.15, -0.1) is 0 Å². The van der Waals surface area contributed by atoms with Gasteiger partial charge in [0.2, 0.25) is 5.91 Å². The SMILES string of the molecule is CC[C@H](NC(=O)C[S@](=O)CCO)c1ccc(Cl)cc1. The Labute approximate surface area is 120 Å². The van der Waals surface area contributed by atoms with Crippen LogP contribution in [0.4, 0.5) is 0 Å². The number of hydrogen-bond donors (Lipinski definition) is 2. The highest BCUT2D eigenvalue weighted by Gasteiger charge is 2.14. The Kier molecular flexibility index (Phi) is 7.05. The van der Waals surface area contributed by atoms with Crippen LogP contribution in [0.2, 0.25) is 5.02 Å². The van der Waals surface area contributed by atoms with Crippen LogP contribution in [0, 0.1) is 0 Å². The molecule has 0 unspecified atom stereocenters. The highest BCUT2D eigenvalue weighted by Crippen LogP contribution is 2.19. The van der Waals surface area contributed by atoms with Crippen LogP contribution in [0.5, 0.6) is 0 Å². The summed E-state index contributed by atoms with van der Waals surface area (Å²) >= 11 is 5.82. The largest absolute Gasteiger partial charge is 0.395 e. The van der Waals surface area contributed by atoms with Gasteiger partial charge in [0.25, 0.3) is 0 Å². The average molecular weight is 304 g/mol. The Morgan fingerprint density at radius 3 is 2.58 bits per heavy atom. The van der Waals surface area contributed by atoms with Crippen molar-refractivity contribution in [1.82, 2.24) is 5.32 Å². The number of hydrogen-bond acceptors (Lipinski definition) is 3. The van der Waals surface area contributed by atoms with E-state index in [1.165, 1.54) is 0 Å². The maximum atomic E-state index is 11.7. The van der Waals surface area contributed by atoms with Crippen molar-refractivity contribution in [3.05, 3.63) is 34.9 Å². The van der Waals surface area contributed by atoms with Crippen LogP contribution in [0.15, 0.2) is 24.3 Å². The van der Waals surface area contributed by atoms with Crippen LogP contribution in [-0.2, 0) is 15.6 Å². The second kappa shape index (κ2) is 8.30. The van der Waals surface area contributed by atoms with Crippen molar-refractivity contribution in [2.45, 2.75) is 19.4 Å². The van der Waals surface area contributed by atoms with Crippen LogP contribution < -0.4 is 5.32 Å². The van der Waals surface area contributed by atoms with Gasteiger partial charge in [-0.3, -0.25) is 9.00 Å². The quantitative estimate of drug-likeness (QED) is 0.805. The molecule has 4 nitrogen and oxygen atoms in total. The third-order valence-corrected chi connectivity index (χ3v) is 4.10. The first-order chi connectivity index (χ1) is 9.06. The molecule has 2 atom stereocenters. The smallest absolute Gasteiger partial charge is 0.233 e. The van der Waals surface area contributed by atoms with Gasteiger partial charge < -0.3 is 10.4 Å². The van der Waals surface area contributed by atoms with Crippen LogP contribution in [0.3, 0.4) is 0 Å². The lowest BCUT2D eigenvalue weighted by atomic mass is 10.0. The van der Waals surface area contributed by atoms with Crippen molar-refractivity contribution in [2.75, 3.05) is 18.1 Å². The molecule has 1 aromatic rings. The molecule has 0 saturated heterocycles. The highest BCUT2D eigenvalue weighted by atomic mass is 35.5. The second-order valence-corrected chi connectivity index (χ2v) is 6.10. The summed E-state index contributed by atoms with van der Waals surface area (Å²) in [7, 11) is -1.31. The summed E-state index contributed by atoms with van der Waals surface area (Å²) in [6.45, 7) is 1.79. The van der Waals surface area contributed by atoms with Crippen molar-refractivity contribution in [3.8, 4) is 0 Å². The summed E-state index contributed by atoms with van der Waals surface area (Å²) in [5.41, 5.74) is 0.966. The molecular formula is C13H18ClNO3S. The number of amides is 1. The molecule has 0 aromatic heterocycles. The third kappa shape index (κ3) is 5.72. The number of nitrogens with one attached hydrogen (secondary N) is 1. The second-order valence-electron chi connectivity index (χ2n) is 4.09. The number of aliphatic hydroxyl groups is 1. The van der Waals surface area contributed by atoms with Gasteiger partial charge in [0.1, 0.15) is 5.75 Å². The van der Waals surface area contributed by atoms with Crippen molar-refractivity contribution < 1.29 is 14.1 Å². The highest BCUT2D eigenvalue weighted by molar-refractivity contribution is 7.85. The standard InChI is InChI=1S/C13H18ClNO3S/c1-2-12(10-3-5-11(14)6-4-10)15-13(17)9-19(18)8-7-16/h3-6,12,16H,2,7-9H2,1H3,(H,15,17)/t12-,19+/m0/s1. The zero-order chi connectivity index (χ0) is 14.3. The molecule has 0 aliphatic rings. The summed E-state index contributed by atoms with van der Waals surface area (Å²) in [6.07, 6.45) is 0.736. The van der Waals surface area contributed by atoms with Gasteiger partial charge >= 0.3 is 0 Å². The first-order valence-corrected chi connectivity index (χ1v) is 7.94. The predicted octanol–water partition coefficient (Wildman–Crippen LogP) is 1.65. The van der Waals surface area contributed by atoms with Gasteiger partial charge in [0.15, 0.2) is 0 Å². The molecule has 1 amide bonds. The van der Waals surface area contributed by atoms with Gasteiger partial charge in [-0.2, -0.15) is 0 Å². The minimum absolute atomic E-state index is 0.0787. The van der Waals surface area contributed by atoms with Gasteiger partial charge in [-0.1, -0.05) is 30.7 Å². The van der Waals surface area contributed by atoms with E-state index in [1.807, 2.05) is 19.1 Å². The molecule has 19 heavy (non-hydrogen) atoms. The molecule has 106 valence electrons. The molecule has 0 radical (unpaired) electrons. The Bertz CT molecular complexity index is 436. The van der Waals surface area contributed by atoms with E-state index in [0.717, 1.165) is 12.0 Å². The van der Waals surface area contributed by atoms with Crippen molar-refractivity contribution >= 4 is 28.3 Å². The Morgan fingerprint density at radius 2 is 2.05 bits per heavy atom. The average Bonchev–Trinajstić information content (AvgIpc) is 2.37. The minimum Gasteiger partial charge on any atom is -0.395 e. The van der Waals surface area contributed by atoms with E-state index in [4.69, 9.17) is 16.7 Å². The lowest BCUT2D eigenvalue weighted by Crippen LogP contribution is -2.32. The van der Waals surface area contributed by atoms with Crippen molar-refractivity contribution in [2.24, 2.45) is 0 Å². The van der Waals surface area contributed by atoms with E-state index in [0.29, 0.717) is 5.02 Å². The molecule has 0 bridgehead atoms.